The van der Waals surface area contributed by atoms with E-state index < -0.39 is 0 Å². The molecule has 0 aliphatic carbocycles. The SMILES string of the molecule is COCCCN(C)CCC[N](C)[AlH2]. The van der Waals surface area contributed by atoms with Gasteiger partial charge in [-0.15, -0.1) is 0 Å². The zero-order valence-corrected chi connectivity index (χ0v) is 11.5. The highest BCUT2D eigenvalue weighted by Gasteiger charge is 1.97. The summed E-state index contributed by atoms with van der Waals surface area (Å²) in [7, 11) is 6.12. The van der Waals surface area contributed by atoms with Gasteiger partial charge in [0.1, 0.15) is 0 Å². The van der Waals surface area contributed by atoms with Crippen molar-refractivity contribution >= 4 is 16.5 Å². The van der Waals surface area contributed by atoms with Gasteiger partial charge in [-0.2, -0.15) is 0 Å². The Bertz CT molecular complexity index is 112. The molecule has 0 unspecified atom stereocenters. The van der Waals surface area contributed by atoms with Crippen molar-refractivity contribution in [2.45, 2.75) is 12.8 Å². The van der Waals surface area contributed by atoms with E-state index in [1.54, 1.807) is 7.11 Å². The molecule has 0 atom stereocenters. The quantitative estimate of drug-likeness (QED) is 0.401. The van der Waals surface area contributed by atoms with E-state index in [0.717, 1.165) is 19.6 Å². The molecule has 0 aromatic carbocycles. The second kappa shape index (κ2) is 8.99. The number of methoxy groups -OCH3 is 1. The molecule has 0 aromatic rings. The summed E-state index contributed by atoms with van der Waals surface area (Å²) in [5.41, 5.74) is 0. The third-order valence-corrected chi connectivity index (χ3v) is 2.48. The molecule has 0 heterocycles. The van der Waals surface area contributed by atoms with Crippen molar-refractivity contribution in [1.29, 1.82) is 0 Å². The van der Waals surface area contributed by atoms with Crippen LogP contribution >= 0.6 is 0 Å². The maximum atomic E-state index is 5.01. The van der Waals surface area contributed by atoms with Crippen molar-refractivity contribution < 1.29 is 4.74 Å². The lowest BCUT2D eigenvalue weighted by Crippen LogP contribution is -2.25. The molecule has 0 saturated carbocycles. The minimum absolute atomic E-state index is 0.880. The van der Waals surface area contributed by atoms with E-state index in [-0.39, 0.29) is 0 Å². The van der Waals surface area contributed by atoms with Gasteiger partial charge in [-0.3, -0.25) is 0 Å². The van der Waals surface area contributed by atoms with Crippen LogP contribution < -0.4 is 0 Å². The molecule has 78 valence electrons. The molecule has 0 fully saturated rings. The maximum absolute atomic E-state index is 5.01. The molecule has 13 heavy (non-hydrogen) atoms. The smallest absolute Gasteiger partial charge is 0.321 e. The van der Waals surface area contributed by atoms with Crippen LogP contribution in [0.5, 0.6) is 0 Å². The number of rotatable bonds is 8. The van der Waals surface area contributed by atoms with Crippen LogP contribution in [0, 0.1) is 0 Å². The van der Waals surface area contributed by atoms with E-state index >= 15 is 0 Å². The first-order valence-electron chi connectivity index (χ1n) is 4.99. The van der Waals surface area contributed by atoms with E-state index in [0.29, 0.717) is 0 Å². The summed E-state index contributed by atoms with van der Waals surface area (Å²) in [5.74, 6) is 0. The van der Waals surface area contributed by atoms with Gasteiger partial charge in [0.05, 0.1) is 0 Å². The molecule has 0 aromatic heterocycles. The first-order valence-corrected chi connectivity index (χ1v) is 5.88. The van der Waals surface area contributed by atoms with Crippen LogP contribution in [0.4, 0.5) is 0 Å². The van der Waals surface area contributed by atoms with Gasteiger partial charge in [0, 0.05) is 20.3 Å². The van der Waals surface area contributed by atoms with Gasteiger partial charge in [-0.1, -0.05) is 0 Å². The monoisotopic (exact) mass is 202 g/mol. The number of nitrogens with zero attached hydrogens (tertiary/aromatic N) is 2. The molecule has 0 aliphatic rings. The molecule has 0 saturated heterocycles. The van der Waals surface area contributed by atoms with Crippen molar-refractivity contribution in [2.75, 3.05) is 47.4 Å². The largest absolute Gasteiger partial charge is 0.393 e. The predicted octanol–water partition coefficient (Wildman–Crippen LogP) is -0.175. The Morgan fingerprint density at radius 3 is 2.23 bits per heavy atom. The van der Waals surface area contributed by atoms with Gasteiger partial charge in [0.2, 0.25) is 0 Å². The topological polar surface area (TPSA) is 15.7 Å². The van der Waals surface area contributed by atoms with E-state index in [1.165, 1.54) is 36.0 Å². The molecule has 0 amide bonds. The standard InChI is InChI=1S/C9H21N2O.Al.2H/c1-10-6-4-7-11(2)8-5-9-12-3;;;/h4-9H2,1-3H3;;;/q-1;+1;;. The van der Waals surface area contributed by atoms with E-state index in [2.05, 4.69) is 22.9 Å². The van der Waals surface area contributed by atoms with Gasteiger partial charge in [-0.25, -0.2) is 0 Å². The summed E-state index contributed by atoms with van der Waals surface area (Å²) in [6, 6.07) is 0. The minimum Gasteiger partial charge on any atom is -0.393 e. The Hall–Kier alpha value is 0.412. The maximum Gasteiger partial charge on any atom is 0.321 e. The molecule has 0 bridgehead atoms. The number of ether oxygens (including phenoxy) is 1. The molecular formula is C9H23AlN2O. The lowest BCUT2D eigenvalue weighted by Gasteiger charge is -2.18. The summed E-state index contributed by atoms with van der Waals surface area (Å²) < 4.78 is 7.37. The summed E-state index contributed by atoms with van der Waals surface area (Å²) in [6.07, 6.45) is 2.42. The third kappa shape index (κ3) is 10.3. The van der Waals surface area contributed by atoms with Crippen LogP contribution in [0.15, 0.2) is 0 Å². The van der Waals surface area contributed by atoms with Crippen LogP contribution in [0.3, 0.4) is 0 Å². The van der Waals surface area contributed by atoms with Gasteiger partial charge in [0.25, 0.3) is 0 Å². The fourth-order valence-corrected chi connectivity index (χ4v) is 1.56. The Kier molecular flexibility index (Phi) is 9.27. The molecule has 0 N–H and O–H groups in total. The predicted molar refractivity (Wildman–Crippen MR) is 59.8 cm³/mol. The van der Waals surface area contributed by atoms with Crippen LogP contribution in [0.25, 0.3) is 0 Å². The van der Waals surface area contributed by atoms with Gasteiger partial charge in [0.15, 0.2) is 0 Å². The normalized spacial score (nSPS) is 11.5. The highest BCUT2D eigenvalue weighted by molar-refractivity contribution is 6.04. The lowest BCUT2D eigenvalue weighted by atomic mass is 10.3. The van der Waals surface area contributed by atoms with Crippen molar-refractivity contribution in [2.24, 2.45) is 0 Å². The van der Waals surface area contributed by atoms with Crippen LogP contribution in [0.1, 0.15) is 12.8 Å². The molecule has 0 spiro atoms. The average Bonchev–Trinajstić information content (AvgIpc) is 2.04. The first-order chi connectivity index (χ1) is 6.16. The molecule has 0 rings (SSSR count). The summed E-state index contributed by atoms with van der Waals surface area (Å²) >= 11 is 1.18. The zero-order chi connectivity index (χ0) is 10.1. The Morgan fingerprint density at radius 1 is 1.08 bits per heavy atom. The van der Waals surface area contributed by atoms with Gasteiger partial charge < -0.3 is 13.5 Å². The summed E-state index contributed by atoms with van der Waals surface area (Å²) in [4.78, 5) is 2.38. The van der Waals surface area contributed by atoms with Crippen LogP contribution in [0.2, 0.25) is 0 Å². The van der Waals surface area contributed by atoms with Crippen molar-refractivity contribution in [3.8, 4) is 0 Å². The van der Waals surface area contributed by atoms with Gasteiger partial charge >= 0.3 is 16.5 Å². The average molecular weight is 202 g/mol. The minimum atomic E-state index is 0.880. The molecule has 0 radical (unpaired) electrons. The van der Waals surface area contributed by atoms with E-state index in [4.69, 9.17) is 4.74 Å². The molecular weight excluding hydrogens is 179 g/mol. The summed E-state index contributed by atoms with van der Waals surface area (Å²) in [6.45, 7) is 4.47. The van der Waals surface area contributed by atoms with Crippen LogP contribution in [-0.4, -0.2) is 72.7 Å². The van der Waals surface area contributed by atoms with E-state index in [9.17, 15) is 0 Å². The number of hydrogen-bond donors (Lipinski definition) is 0. The van der Waals surface area contributed by atoms with Crippen molar-refractivity contribution in [3.05, 3.63) is 0 Å². The fraction of sp³-hybridized carbons (Fsp3) is 1.00. The van der Waals surface area contributed by atoms with Crippen molar-refractivity contribution in [1.82, 2.24) is 8.78 Å². The van der Waals surface area contributed by atoms with Gasteiger partial charge in [-0.05, 0) is 40.0 Å². The Balaban J connectivity index is 3.15. The Labute approximate surface area is 90.7 Å². The third-order valence-electron chi connectivity index (χ3n) is 2.03. The lowest BCUT2D eigenvalue weighted by molar-refractivity contribution is 0.178. The number of hydrogen-bond acceptors (Lipinski definition) is 3. The summed E-state index contributed by atoms with van der Waals surface area (Å²) in [5, 5.41) is 0. The second-order valence-electron chi connectivity index (χ2n) is 3.81. The molecule has 3 nitrogen and oxygen atoms in total. The highest BCUT2D eigenvalue weighted by atomic mass is 27.1. The second-order valence-corrected chi connectivity index (χ2v) is 5.33. The molecule has 4 heteroatoms. The highest BCUT2D eigenvalue weighted by Crippen LogP contribution is 1.91. The van der Waals surface area contributed by atoms with Crippen molar-refractivity contribution in [3.63, 3.8) is 0 Å². The Morgan fingerprint density at radius 2 is 1.69 bits per heavy atom. The first kappa shape index (κ1) is 13.4. The zero-order valence-electron chi connectivity index (χ0n) is 9.55. The fourth-order valence-electron chi connectivity index (χ4n) is 1.25. The molecule has 0 aliphatic heterocycles. The van der Waals surface area contributed by atoms with E-state index in [1.807, 2.05) is 0 Å². The van der Waals surface area contributed by atoms with Crippen LogP contribution in [-0.2, 0) is 4.74 Å².